The number of nitrogens with zero attached hydrogens (tertiary/aromatic N) is 6. The molecule has 0 spiro atoms. The van der Waals surface area contributed by atoms with Gasteiger partial charge < -0.3 is 35.3 Å². The predicted octanol–water partition coefficient (Wildman–Crippen LogP) is 1.59. The molecule has 2 aromatic carbocycles. The standard InChI is InChI=1S/2C16H18N3S.C5H9NO4/c2*1-18(2)11-5-7-13-15(9-11)20-16-10-12(19(3)4)6-8-14(16)17-13;6-3(5(9)10)1-2-4(7)8/h2*5-10H,1-4H3;3H,1-2,6H2,(H,7,8)(H,9,10)/q2*+1;/p-2/t;;3-/m..0/s1. The van der Waals surface area contributed by atoms with Gasteiger partial charge in [-0.05, 0) is 61.4 Å². The summed E-state index contributed by atoms with van der Waals surface area (Å²) >= 11 is 3.60. The van der Waals surface area contributed by atoms with Gasteiger partial charge >= 0.3 is 0 Å². The van der Waals surface area contributed by atoms with Gasteiger partial charge in [-0.2, -0.15) is 0 Å². The largest absolute Gasteiger partial charge is 0.550 e. The molecule has 50 heavy (non-hydrogen) atoms. The number of nitrogens with two attached hydrogens (primary N) is 1. The van der Waals surface area contributed by atoms with Gasteiger partial charge in [-0.25, -0.2) is 19.1 Å². The van der Waals surface area contributed by atoms with Crippen molar-refractivity contribution in [1.29, 1.82) is 0 Å². The minimum Gasteiger partial charge on any atom is -0.550 e. The number of rotatable bonds is 6. The number of aromatic nitrogens is 2. The van der Waals surface area contributed by atoms with Gasteiger partial charge in [-0.3, -0.25) is 0 Å². The lowest BCUT2D eigenvalue weighted by Crippen LogP contribution is -2.42. The molecular formula is C37H43N7O4S2. The second kappa shape index (κ2) is 16.6. The van der Waals surface area contributed by atoms with E-state index in [1.807, 2.05) is 0 Å². The van der Waals surface area contributed by atoms with Gasteiger partial charge in [0.1, 0.15) is 28.2 Å². The predicted molar refractivity (Wildman–Crippen MR) is 203 cm³/mol. The Morgan fingerprint density at radius 1 is 0.700 bits per heavy atom. The van der Waals surface area contributed by atoms with Gasteiger partial charge in [0.2, 0.25) is 10.7 Å². The number of anilines is 2. The first-order valence-electron chi connectivity index (χ1n) is 15.8. The lowest BCUT2D eigenvalue weighted by molar-refractivity contribution is -0.309. The summed E-state index contributed by atoms with van der Waals surface area (Å²) in [6, 6.07) is 24.4. The first-order chi connectivity index (χ1) is 23.6. The number of aliphatic carboxylic acids is 2. The lowest BCUT2D eigenvalue weighted by Gasteiger charge is -2.13. The van der Waals surface area contributed by atoms with E-state index in [0.717, 1.165) is 22.4 Å². The van der Waals surface area contributed by atoms with Crippen LogP contribution in [0.1, 0.15) is 12.8 Å². The summed E-state index contributed by atoms with van der Waals surface area (Å²) < 4.78 is 6.68. The Bertz CT molecular complexity index is 2080. The maximum atomic E-state index is 9.86. The molecule has 1 atom stereocenters. The van der Waals surface area contributed by atoms with Crippen LogP contribution in [0.4, 0.5) is 11.4 Å². The monoisotopic (exact) mass is 713 g/mol. The molecule has 0 saturated heterocycles. The summed E-state index contributed by atoms with van der Waals surface area (Å²) in [5.41, 5.74) is 11.6. The average Bonchev–Trinajstić information content (AvgIpc) is 3.07. The van der Waals surface area contributed by atoms with Crippen LogP contribution in [0.2, 0.25) is 0 Å². The highest BCUT2D eigenvalue weighted by atomic mass is 32.1. The molecule has 0 aromatic heterocycles. The van der Waals surface area contributed by atoms with Crippen LogP contribution in [0.3, 0.4) is 0 Å². The van der Waals surface area contributed by atoms with Crippen LogP contribution in [-0.4, -0.2) is 84.3 Å². The zero-order valence-electron chi connectivity index (χ0n) is 29.6. The van der Waals surface area contributed by atoms with Crippen molar-refractivity contribution < 1.29 is 19.8 Å². The number of carboxylic acids is 2. The van der Waals surface area contributed by atoms with Crippen LogP contribution in [-0.2, 0) is 9.59 Å². The van der Waals surface area contributed by atoms with Gasteiger partial charge in [-0.15, -0.1) is 22.7 Å². The third kappa shape index (κ3) is 9.80. The maximum Gasteiger partial charge on any atom is 0.201 e. The zero-order valence-corrected chi connectivity index (χ0v) is 31.3. The highest BCUT2D eigenvalue weighted by Crippen LogP contribution is 2.32. The molecule has 262 valence electrons. The molecule has 2 heterocycles. The highest BCUT2D eigenvalue weighted by Gasteiger charge is 2.11. The number of carbonyl (C=O) groups excluding carboxylic acids is 2. The highest BCUT2D eigenvalue weighted by molar-refractivity contribution is 7.21. The number of hydrogen-bond donors (Lipinski definition) is 1. The summed E-state index contributed by atoms with van der Waals surface area (Å²) in [7, 11) is 16.5. The van der Waals surface area contributed by atoms with Crippen LogP contribution in [0.15, 0.2) is 72.8 Å². The topological polar surface area (TPSA) is 145 Å². The molecule has 0 radical (unpaired) electrons. The van der Waals surface area contributed by atoms with E-state index in [1.54, 1.807) is 22.7 Å². The van der Waals surface area contributed by atoms with E-state index in [1.165, 1.54) is 41.2 Å². The van der Waals surface area contributed by atoms with E-state index >= 15 is 0 Å². The molecule has 11 nitrogen and oxygen atoms in total. The number of carbonyl (C=O) groups is 2. The first-order valence-corrected chi connectivity index (χ1v) is 17.5. The second-order valence-electron chi connectivity index (χ2n) is 12.4. The minimum atomic E-state index is -1.44. The quantitative estimate of drug-likeness (QED) is 0.201. The molecule has 0 saturated carbocycles. The summed E-state index contributed by atoms with van der Waals surface area (Å²) in [6.07, 6.45) is -0.500. The second-order valence-corrected chi connectivity index (χ2v) is 14.6. The van der Waals surface area contributed by atoms with Gasteiger partial charge in [0.25, 0.3) is 0 Å². The Morgan fingerprint density at radius 2 is 1.12 bits per heavy atom. The molecular weight excluding hydrogens is 671 g/mol. The number of benzene rings is 4. The van der Waals surface area contributed by atoms with E-state index in [-0.39, 0.29) is 12.8 Å². The molecule has 13 heteroatoms. The normalized spacial score (nSPS) is 11.3. The van der Waals surface area contributed by atoms with Gasteiger partial charge in [-0.1, -0.05) is 0 Å². The van der Waals surface area contributed by atoms with Gasteiger partial charge in [0, 0.05) is 75.8 Å². The van der Waals surface area contributed by atoms with Crippen LogP contribution in [0.25, 0.3) is 41.6 Å². The third-order valence-electron chi connectivity index (χ3n) is 7.72. The maximum absolute atomic E-state index is 9.86. The lowest BCUT2D eigenvalue weighted by atomic mass is 10.2. The molecule has 0 fully saturated rings. The Hall–Kier alpha value is -4.98. The van der Waals surface area contributed by atoms with Crippen molar-refractivity contribution in [2.45, 2.75) is 18.9 Å². The number of fused-ring (bicyclic) bond motifs is 4. The molecule has 0 unspecified atom stereocenters. The molecule has 2 aromatic rings. The Kier molecular flexibility index (Phi) is 12.6. The number of hydrogen-bond acceptors (Lipinski definition) is 11. The smallest absolute Gasteiger partial charge is 0.201 e. The van der Waals surface area contributed by atoms with Crippen LogP contribution in [0, 0.1) is 0 Å². The average molecular weight is 714 g/mol. The van der Waals surface area contributed by atoms with Gasteiger partial charge in [0.15, 0.2) is 0 Å². The van der Waals surface area contributed by atoms with Crippen molar-refractivity contribution in [3.8, 4) is 21.1 Å². The molecule has 2 aliphatic carbocycles. The molecule has 6 rings (SSSR count). The van der Waals surface area contributed by atoms with Crippen molar-refractivity contribution in [1.82, 2.24) is 19.1 Å². The van der Waals surface area contributed by atoms with Gasteiger partial charge in [0.05, 0.1) is 47.5 Å². The summed E-state index contributed by atoms with van der Waals surface area (Å²) in [5.74, 6) is -2.75. The van der Waals surface area contributed by atoms with E-state index in [4.69, 9.17) is 15.7 Å². The van der Waals surface area contributed by atoms with Crippen LogP contribution in [0.5, 0.6) is 0 Å². The Morgan fingerprint density at radius 3 is 1.46 bits per heavy atom. The summed E-state index contributed by atoms with van der Waals surface area (Å²) in [6.45, 7) is 0. The fraction of sp³-hybridized carbons (Fsp3) is 0.297. The van der Waals surface area contributed by atoms with E-state index in [9.17, 15) is 19.8 Å². The van der Waals surface area contributed by atoms with E-state index < -0.39 is 18.0 Å². The van der Waals surface area contributed by atoms with Crippen molar-refractivity contribution in [3.63, 3.8) is 0 Å². The van der Waals surface area contributed by atoms with Crippen molar-refractivity contribution in [2.75, 3.05) is 66.2 Å². The molecule has 2 N–H and O–H groups in total. The SMILES string of the molecule is CN(C)c1ccc2nc3ccc(=[N+](C)C)cc-3sc2c1.CN(C)c1ccc2nc3ccc(=[N+](C)C)cc-3sc2c1.N[C@@H](CCC(=O)[O-])C(=O)[O-]. The zero-order chi connectivity index (χ0) is 36.7. The Labute approximate surface area is 299 Å². The van der Waals surface area contributed by atoms with E-state index in [0.29, 0.717) is 0 Å². The fourth-order valence-corrected chi connectivity index (χ4v) is 6.77. The van der Waals surface area contributed by atoms with Crippen molar-refractivity contribution in [3.05, 3.63) is 83.5 Å². The fourth-order valence-electron chi connectivity index (χ4n) is 4.71. The minimum absolute atomic E-state index is 0.148. The molecule has 4 aliphatic rings. The molecule has 0 amide bonds. The molecule has 2 aliphatic heterocycles. The number of carboxylic acid groups (broad SMARTS) is 2. The first kappa shape index (κ1) is 37.8. The summed E-state index contributed by atoms with van der Waals surface area (Å²) in [5, 5.41) is 22.0. The Balaban J connectivity index is 0.000000179. The summed E-state index contributed by atoms with van der Waals surface area (Å²) in [4.78, 5) is 35.8. The van der Waals surface area contributed by atoms with Crippen molar-refractivity contribution >= 4 is 66.4 Å². The van der Waals surface area contributed by atoms with Crippen molar-refractivity contribution in [2.24, 2.45) is 5.73 Å². The van der Waals surface area contributed by atoms with Crippen LogP contribution < -0.4 is 45.6 Å². The van der Waals surface area contributed by atoms with Crippen LogP contribution >= 0.6 is 22.7 Å². The third-order valence-corrected chi connectivity index (χ3v) is 9.91. The molecule has 0 bridgehead atoms. The van der Waals surface area contributed by atoms with E-state index in [2.05, 4.69) is 148 Å².